The van der Waals surface area contributed by atoms with Crippen LogP contribution in [-0.2, 0) is 22.6 Å². The van der Waals surface area contributed by atoms with Gasteiger partial charge in [-0.1, -0.05) is 12.1 Å². The number of aliphatic hydroxyl groups is 1. The highest BCUT2D eigenvalue weighted by Gasteiger charge is 2.37. The molecule has 0 bridgehead atoms. The maximum atomic E-state index is 10.6. The van der Waals surface area contributed by atoms with Crippen LogP contribution in [0.2, 0.25) is 0 Å². The molecule has 0 radical (unpaired) electrons. The zero-order valence-electron chi connectivity index (χ0n) is 15.2. The van der Waals surface area contributed by atoms with Gasteiger partial charge in [-0.15, -0.1) is 0 Å². The molecular weight excluding hydrogens is 316 g/mol. The molecule has 1 aliphatic carbocycles. The number of nitrogens with zero attached hydrogens (tertiary/aromatic N) is 2. The van der Waals surface area contributed by atoms with Crippen LogP contribution in [-0.4, -0.2) is 60.1 Å². The van der Waals surface area contributed by atoms with E-state index in [1.54, 1.807) is 7.11 Å². The largest absolute Gasteiger partial charge is 0.385 e. The van der Waals surface area contributed by atoms with E-state index in [2.05, 4.69) is 47.0 Å². The molecule has 2 aliphatic rings. The molecule has 0 spiro atoms. The molecule has 4 rings (SSSR count). The van der Waals surface area contributed by atoms with Gasteiger partial charge < -0.3 is 19.1 Å². The highest BCUT2D eigenvalue weighted by atomic mass is 16.5. The summed E-state index contributed by atoms with van der Waals surface area (Å²) in [5.74, 6) is 0. The minimum absolute atomic E-state index is 0.323. The SMILES string of the molecule is COCCOCn1cc2c3c(cccc31)C1=C[C@](C)(O)CN(C)[C@@H]1C2. The van der Waals surface area contributed by atoms with Crippen molar-refractivity contribution < 1.29 is 14.6 Å². The van der Waals surface area contributed by atoms with Crippen LogP contribution in [0.15, 0.2) is 30.5 Å². The zero-order chi connectivity index (χ0) is 17.6. The van der Waals surface area contributed by atoms with Crippen molar-refractivity contribution in [1.82, 2.24) is 9.47 Å². The van der Waals surface area contributed by atoms with Gasteiger partial charge in [0.15, 0.2) is 0 Å². The Kier molecular flexibility index (Phi) is 4.20. The monoisotopic (exact) mass is 342 g/mol. The highest BCUT2D eigenvalue weighted by molar-refractivity contribution is 5.98. The first-order valence-corrected chi connectivity index (χ1v) is 8.83. The first-order valence-electron chi connectivity index (χ1n) is 8.83. The average molecular weight is 342 g/mol. The summed E-state index contributed by atoms with van der Waals surface area (Å²) in [6.45, 7) is 4.27. The Labute approximate surface area is 148 Å². The summed E-state index contributed by atoms with van der Waals surface area (Å²) in [5.41, 5.74) is 4.25. The van der Waals surface area contributed by atoms with Crippen LogP contribution in [0.4, 0.5) is 0 Å². The van der Waals surface area contributed by atoms with Gasteiger partial charge in [-0.05, 0) is 49.2 Å². The highest BCUT2D eigenvalue weighted by Crippen LogP contribution is 2.42. The van der Waals surface area contributed by atoms with Gasteiger partial charge in [-0.3, -0.25) is 4.90 Å². The number of methoxy groups -OCH3 is 1. The van der Waals surface area contributed by atoms with E-state index in [-0.39, 0.29) is 0 Å². The third kappa shape index (κ3) is 2.91. The fourth-order valence-electron chi connectivity index (χ4n) is 4.31. The Hall–Kier alpha value is -1.66. The molecule has 5 nitrogen and oxygen atoms in total. The topological polar surface area (TPSA) is 46.9 Å². The van der Waals surface area contributed by atoms with E-state index in [1.807, 2.05) is 6.92 Å². The predicted octanol–water partition coefficient (Wildman–Crippen LogP) is 2.27. The quantitative estimate of drug-likeness (QED) is 0.847. The van der Waals surface area contributed by atoms with Crippen LogP contribution in [0.5, 0.6) is 0 Å². The van der Waals surface area contributed by atoms with Crippen molar-refractivity contribution in [1.29, 1.82) is 0 Å². The number of benzene rings is 1. The van der Waals surface area contributed by atoms with Crippen molar-refractivity contribution >= 4 is 16.5 Å². The van der Waals surface area contributed by atoms with Crippen molar-refractivity contribution in [3.05, 3.63) is 41.6 Å². The van der Waals surface area contributed by atoms with E-state index in [1.165, 1.54) is 27.6 Å². The second-order valence-corrected chi connectivity index (χ2v) is 7.45. The standard InChI is InChI=1S/C20H26N2O3/c1-20(23)10-16-15-5-4-6-17-19(15)14(9-18(16)21(2)12-20)11-22(17)13-25-8-7-24-3/h4-6,10-11,18,23H,7-9,12-13H2,1-3H3/t18-,20+/m1/s1. The van der Waals surface area contributed by atoms with Crippen molar-refractivity contribution in [3.63, 3.8) is 0 Å². The van der Waals surface area contributed by atoms with E-state index < -0.39 is 5.60 Å². The minimum Gasteiger partial charge on any atom is -0.385 e. The molecule has 2 aromatic rings. The molecule has 1 aliphatic heterocycles. The van der Waals surface area contributed by atoms with Crippen LogP contribution >= 0.6 is 0 Å². The van der Waals surface area contributed by atoms with E-state index in [9.17, 15) is 5.11 Å². The van der Waals surface area contributed by atoms with E-state index in [4.69, 9.17) is 9.47 Å². The first kappa shape index (κ1) is 16.8. The maximum Gasteiger partial charge on any atom is 0.123 e. The Morgan fingerprint density at radius 3 is 2.96 bits per heavy atom. The van der Waals surface area contributed by atoms with Crippen molar-refractivity contribution in [2.24, 2.45) is 0 Å². The molecule has 0 fully saturated rings. The second-order valence-electron chi connectivity index (χ2n) is 7.45. The minimum atomic E-state index is -0.786. The summed E-state index contributed by atoms with van der Waals surface area (Å²) in [4.78, 5) is 2.27. The Balaban J connectivity index is 1.76. The smallest absolute Gasteiger partial charge is 0.123 e. The Bertz CT molecular complexity index is 822. The number of fused-ring (bicyclic) bond motifs is 2. The van der Waals surface area contributed by atoms with E-state index >= 15 is 0 Å². The van der Waals surface area contributed by atoms with Gasteiger partial charge in [0.1, 0.15) is 6.73 Å². The summed E-state index contributed by atoms with van der Waals surface area (Å²) in [5, 5.41) is 11.9. The van der Waals surface area contributed by atoms with Gasteiger partial charge in [0.25, 0.3) is 0 Å². The normalized spacial score (nSPS) is 25.9. The van der Waals surface area contributed by atoms with Crippen LogP contribution < -0.4 is 0 Å². The Morgan fingerprint density at radius 2 is 2.16 bits per heavy atom. The molecule has 5 heteroatoms. The first-order chi connectivity index (χ1) is 12.0. The predicted molar refractivity (Wildman–Crippen MR) is 98.5 cm³/mol. The fourth-order valence-corrected chi connectivity index (χ4v) is 4.31. The van der Waals surface area contributed by atoms with Gasteiger partial charge in [0, 0.05) is 31.3 Å². The summed E-state index contributed by atoms with van der Waals surface area (Å²) in [6.07, 6.45) is 5.25. The van der Waals surface area contributed by atoms with Gasteiger partial charge in [0.2, 0.25) is 0 Å². The van der Waals surface area contributed by atoms with Crippen molar-refractivity contribution in [3.8, 4) is 0 Å². The number of β-amino-alcohol motifs (C(OH)–C–C–N with tert-alkyl or cyclic N) is 1. The van der Waals surface area contributed by atoms with Gasteiger partial charge in [-0.25, -0.2) is 0 Å². The molecule has 1 N–H and O–H groups in total. The molecule has 1 aromatic carbocycles. The maximum absolute atomic E-state index is 10.6. The van der Waals surface area contributed by atoms with Crippen LogP contribution in [0, 0.1) is 0 Å². The zero-order valence-corrected chi connectivity index (χ0v) is 15.2. The number of hydrogen-bond donors (Lipinski definition) is 1. The molecule has 0 saturated heterocycles. The van der Waals surface area contributed by atoms with Crippen LogP contribution in [0.1, 0.15) is 18.1 Å². The lowest BCUT2D eigenvalue weighted by atomic mass is 9.79. The molecule has 0 unspecified atom stereocenters. The number of rotatable bonds is 5. The van der Waals surface area contributed by atoms with Gasteiger partial charge in [0.05, 0.1) is 24.3 Å². The van der Waals surface area contributed by atoms with E-state index in [0.29, 0.717) is 32.5 Å². The van der Waals surface area contributed by atoms with Gasteiger partial charge in [-0.2, -0.15) is 0 Å². The van der Waals surface area contributed by atoms with Crippen LogP contribution in [0.25, 0.3) is 16.5 Å². The fraction of sp³-hybridized carbons (Fsp3) is 0.500. The second kappa shape index (κ2) is 6.25. The summed E-state index contributed by atoms with van der Waals surface area (Å²) < 4.78 is 13.0. The van der Waals surface area contributed by atoms with Crippen molar-refractivity contribution in [2.45, 2.75) is 31.7 Å². The number of aromatic nitrogens is 1. The lowest BCUT2D eigenvalue weighted by Gasteiger charge is -2.42. The number of hydrogen-bond acceptors (Lipinski definition) is 4. The molecule has 0 amide bonds. The van der Waals surface area contributed by atoms with E-state index in [0.717, 1.165) is 6.42 Å². The summed E-state index contributed by atoms with van der Waals surface area (Å²) in [7, 11) is 3.78. The molecule has 25 heavy (non-hydrogen) atoms. The van der Waals surface area contributed by atoms with Gasteiger partial charge >= 0.3 is 0 Å². The average Bonchev–Trinajstić information content (AvgIpc) is 2.92. The third-order valence-corrected chi connectivity index (χ3v) is 5.30. The van der Waals surface area contributed by atoms with Crippen LogP contribution in [0.3, 0.4) is 0 Å². The molecule has 134 valence electrons. The lowest BCUT2D eigenvalue weighted by molar-refractivity contribution is 0.0359. The molecule has 1 aromatic heterocycles. The number of likely N-dealkylation sites (N-methyl/N-ethyl adjacent to an activating group) is 1. The lowest BCUT2D eigenvalue weighted by Crippen LogP contribution is -2.49. The molecule has 0 saturated carbocycles. The Morgan fingerprint density at radius 1 is 1.32 bits per heavy atom. The van der Waals surface area contributed by atoms with Crippen molar-refractivity contribution in [2.75, 3.05) is 33.9 Å². The molecule has 2 atom stereocenters. The molecule has 2 heterocycles. The number of ether oxygens (including phenoxy) is 2. The third-order valence-electron chi connectivity index (χ3n) is 5.30. The summed E-state index contributed by atoms with van der Waals surface area (Å²) >= 11 is 0. The summed E-state index contributed by atoms with van der Waals surface area (Å²) in [6, 6.07) is 6.74. The molecular formula is C20H26N2O3.